The molecule has 0 spiro atoms. The summed E-state index contributed by atoms with van der Waals surface area (Å²) in [5.41, 5.74) is 1.60. The molecule has 0 fully saturated rings. The lowest BCUT2D eigenvalue weighted by molar-refractivity contribution is 0.0948. The lowest BCUT2D eigenvalue weighted by Gasteiger charge is -2.12. The number of hydrogen-bond donors (Lipinski definition) is 3. The second kappa shape index (κ2) is 10.9. The number of nitrogens with zero attached hydrogens (tertiary/aromatic N) is 1. The van der Waals surface area contributed by atoms with Gasteiger partial charge in [0, 0.05) is 32.3 Å². The van der Waals surface area contributed by atoms with Crippen LogP contribution in [0.5, 0.6) is 0 Å². The van der Waals surface area contributed by atoms with Crippen molar-refractivity contribution in [1.29, 1.82) is 0 Å². The van der Waals surface area contributed by atoms with Crippen LogP contribution >= 0.6 is 0 Å². The number of nitrogens with one attached hydrogen (secondary N) is 3. The molecule has 1 amide bonds. The van der Waals surface area contributed by atoms with Gasteiger partial charge >= 0.3 is 0 Å². The summed E-state index contributed by atoms with van der Waals surface area (Å²) in [6.45, 7) is 4.90. The molecular formula is C19H26N4O3. The number of hydrogen-bond acceptors (Lipinski definition) is 4. The van der Waals surface area contributed by atoms with Crippen LogP contribution in [-0.4, -0.2) is 38.7 Å². The number of furan rings is 1. The third-order valence-electron chi connectivity index (χ3n) is 3.62. The number of aliphatic imine (C=N–C) groups is 1. The Bertz CT molecular complexity index is 699. The smallest absolute Gasteiger partial charge is 0.251 e. The number of carbonyl (C=O) groups is 1. The Kier molecular flexibility index (Phi) is 8.21. The van der Waals surface area contributed by atoms with E-state index in [2.05, 4.69) is 20.9 Å². The number of rotatable bonds is 9. The molecule has 140 valence electrons. The summed E-state index contributed by atoms with van der Waals surface area (Å²) in [6, 6.07) is 11.1. The third kappa shape index (κ3) is 6.60. The van der Waals surface area contributed by atoms with Crippen LogP contribution in [0.2, 0.25) is 0 Å². The highest BCUT2D eigenvalue weighted by atomic mass is 16.5. The Morgan fingerprint density at radius 2 is 2.04 bits per heavy atom. The fraction of sp³-hybridized carbons (Fsp3) is 0.368. The summed E-state index contributed by atoms with van der Waals surface area (Å²) in [5, 5.41) is 9.23. The first kappa shape index (κ1) is 19.5. The van der Waals surface area contributed by atoms with Gasteiger partial charge in [0.25, 0.3) is 5.91 Å². The molecule has 0 aliphatic carbocycles. The molecule has 1 heterocycles. The zero-order chi connectivity index (χ0) is 18.6. The maximum absolute atomic E-state index is 12.3. The van der Waals surface area contributed by atoms with E-state index < -0.39 is 0 Å². The maximum atomic E-state index is 12.3. The maximum Gasteiger partial charge on any atom is 0.251 e. The van der Waals surface area contributed by atoms with Crippen molar-refractivity contribution in [3.8, 4) is 0 Å². The molecule has 7 heteroatoms. The molecule has 2 rings (SSSR count). The molecule has 0 saturated heterocycles. The largest absolute Gasteiger partial charge is 0.467 e. The molecule has 1 aromatic carbocycles. The molecule has 0 saturated carbocycles. The van der Waals surface area contributed by atoms with Crippen LogP contribution in [0.4, 0.5) is 0 Å². The van der Waals surface area contributed by atoms with Gasteiger partial charge in [0.05, 0.1) is 19.4 Å². The standard InChI is InChI=1S/C19H26N4O3/c1-3-25-11-9-21-19(20-2)23-13-15-6-4-7-16(12-15)18(24)22-14-17-8-5-10-26-17/h4-8,10,12H,3,9,11,13-14H2,1-2H3,(H,22,24)(H2,20,21,23). The van der Waals surface area contributed by atoms with Crippen LogP contribution in [0.25, 0.3) is 0 Å². The summed E-state index contributed by atoms with van der Waals surface area (Å²) in [5.74, 6) is 1.28. The third-order valence-corrected chi connectivity index (χ3v) is 3.62. The highest BCUT2D eigenvalue weighted by Crippen LogP contribution is 2.06. The van der Waals surface area contributed by atoms with Gasteiger partial charge in [-0.15, -0.1) is 0 Å². The Balaban J connectivity index is 1.82. The molecule has 26 heavy (non-hydrogen) atoms. The van der Waals surface area contributed by atoms with Crippen molar-refractivity contribution >= 4 is 11.9 Å². The van der Waals surface area contributed by atoms with Gasteiger partial charge in [-0.2, -0.15) is 0 Å². The first-order chi connectivity index (χ1) is 12.7. The minimum Gasteiger partial charge on any atom is -0.467 e. The Morgan fingerprint density at radius 1 is 1.15 bits per heavy atom. The topological polar surface area (TPSA) is 87.9 Å². The minimum atomic E-state index is -0.137. The molecule has 2 aromatic rings. The van der Waals surface area contributed by atoms with Crippen molar-refractivity contribution in [3.63, 3.8) is 0 Å². The lowest BCUT2D eigenvalue weighted by Crippen LogP contribution is -2.38. The zero-order valence-electron chi connectivity index (χ0n) is 15.2. The Morgan fingerprint density at radius 3 is 2.77 bits per heavy atom. The number of ether oxygens (including phenoxy) is 1. The van der Waals surface area contributed by atoms with E-state index in [1.807, 2.05) is 31.2 Å². The monoisotopic (exact) mass is 358 g/mol. The molecule has 1 aromatic heterocycles. The van der Waals surface area contributed by atoms with Gasteiger partial charge in [0.15, 0.2) is 5.96 Å². The van der Waals surface area contributed by atoms with E-state index in [-0.39, 0.29) is 5.91 Å². The predicted molar refractivity (Wildman–Crippen MR) is 101 cm³/mol. The Labute approximate surface area is 153 Å². The van der Waals surface area contributed by atoms with Crippen molar-refractivity contribution in [2.75, 3.05) is 26.8 Å². The highest BCUT2D eigenvalue weighted by Gasteiger charge is 2.07. The molecule has 3 N–H and O–H groups in total. The van der Waals surface area contributed by atoms with Gasteiger partial charge in [-0.1, -0.05) is 12.1 Å². The second-order valence-electron chi connectivity index (χ2n) is 5.51. The van der Waals surface area contributed by atoms with E-state index in [0.29, 0.717) is 44.4 Å². The average Bonchev–Trinajstić information content (AvgIpc) is 3.19. The number of amides is 1. The van der Waals surface area contributed by atoms with Gasteiger partial charge in [-0.3, -0.25) is 9.79 Å². The van der Waals surface area contributed by atoms with E-state index in [9.17, 15) is 4.79 Å². The molecule has 0 bridgehead atoms. The van der Waals surface area contributed by atoms with E-state index in [4.69, 9.17) is 9.15 Å². The van der Waals surface area contributed by atoms with E-state index in [1.165, 1.54) is 0 Å². The van der Waals surface area contributed by atoms with E-state index >= 15 is 0 Å². The number of carbonyl (C=O) groups excluding carboxylic acids is 1. The molecular weight excluding hydrogens is 332 g/mol. The molecule has 0 aliphatic heterocycles. The summed E-state index contributed by atoms with van der Waals surface area (Å²) in [4.78, 5) is 16.4. The van der Waals surface area contributed by atoms with Gasteiger partial charge in [0.1, 0.15) is 5.76 Å². The van der Waals surface area contributed by atoms with E-state index in [0.717, 1.165) is 11.3 Å². The SMILES string of the molecule is CCOCCNC(=NC)NCc1cccc(C(=O)NCc2ccco2)c1. The summed E-state index contributed by atoms with van der Waals surface area (Å²) in [7, 11) is 1.72. The predicted octanol–water partition coefficient (Wildman–Crippen LogP) is 1.91. The van der Waals surface area contributed by atoms with Crippen molar-refractivity contribution < 1.29 is 13.9 Å². The first-order valence-corrected chi connectivity index (χ1v) is 8.64. The first-order valence-electron chi connectivity index (χ1n) is 8.64. The Hall–Kier alpha value is -2.80. The van der Waals surface area contributed by atoms with Gasteiger partial charge in [-0.25, -0.2) is 0 Å². The number of guanidine groups is 1. The van der Waals surface area contributed by atoms with Crippen LogP contribution in [0.1, 0.15) is 28.6 Å². The second-order valence-corrected chi connectivity index (χ2v) is 5.51. The van der Waals surface area contributed by atoms with Crippen LogP contribution in [0.3, 0.4) is 0 Å². The molecule has 0 radical (unpaired) electrons. The highest BCUT2D eigenvalue weighted by molar-refractivity contribution is 5.94. The lowest BCUT2D eigenvalue weighted by atomic mass is 10.1. The van der Waals surface area contributed by atoms with Crippen molar-refractivity contribution in [1.82, 2.24) is 16.0 Å². The summed E-state index contributed by atoms with van der Waals surface area (Å²) >= 11 is 0. The fourth-order valence-electron chi connectivity index (χ4n) is 2.30. The van der Waals surface area contributed by atoms with Crippen molar-refractivity contribution in [2.45, 2.75) is 20.0 Å². The molecule has 0 atom stereocenters. The normalized spacial score (nSPS) is 11.2. The fourth-order valence-corrected chi connectivity index (χ4v) is 2.30. The number of benzene rings is 1. The van der Waals surface area contributed by atoms with Crippen LogP contribution in [0.15, 0.2) is 52.1 Å². The zero-order valence-corrected chi connectivity index (χ0v) is 15.2. The van der Waals surface area contributed by atoms with Crippen molar-refractivity contribution in [3.05, 3.63) is 59.5 Å². The van der Waals surface area contributed by atoms with Crippen molar-refractivity contribution in [2.24, 2.45) is 4.99 Å². The molecule has 0 unspecified atom stereocenters. The van der Waals surface area contributed by atoms with Gasteiger partial charge in [0.2, 0.25) is 0 Å². The van der Waals surface area contributed by atoms with Crippen LogP contribution in [-0.2, 0) is 17.8 Å². The van der Waals surface area contributed by atoms with Gasteiger partial charge in [-0.05, 0) is 36.8 Å². The van der Waals surface area contributed by atoms with Gasteiger partial charge < -0.3 is 25.1 Å². The quantitative estimate of drug-likeness (QED) is 0.362. The average molecular weight is 358 g/mol. The van der Waals surface area contributed by atoms with Crippen LogP contribution in [0, 0.1) is 0 Å². The summed E-state index contributed by atoms with van der Waals surface area (Å²) in [6.07, 6.45) is 1.59. The van der Waals surface area contributed by atoms with Crippen LogP contribution < -0.4 is 16.0 Å². The summed E-state index contributed by atoms with van der Waals surface area (Å²) < 4.78 is 10.5. The molecule has 7 nitrogen and oxygen atoms in total. The minimum absolute atomic E-state index is 0.137. The molecule has 0 aliphatic rings. The van der Waals surface area contributed by atoms with E-state index in [1.54, 1.807) is 25.4 Å².